The van der Waals surface area contributed by atoms with Gasteiger partial charge in [0.15, 0.2) is 0 Å². The highest BCUT2D eigenvalue weighted by Gasteiger charge is 2.36. The molecule has 0 spiro atoms. The van der Waals surface area contributed by atoms with Gasteiger partial charge in [0, 0.05) is 68.5 Å². The molecule has 2 aromatic carbocycles. The Hall–Kier alpha value is -3.65. The lowest BCUT2D eigenvalue weighted by Gasteiger charge is -2.46. The fourth-order valence-electron chi connectivity index (χ4n) is 5.05. The third kappa shape index (κ3) is 4.60. The second kappa shape index (κ2) is 10.1. The molecular weight excluding hydrogens is 456 g/mol. The number of ether oxygens (including phenoxy) is 1. The summed E-state index contributed by atoms with van der Waals surface area (Å²) in [7, 11) is 4.59. The molecular formula is C28H34N4O4. The lowest BCUT2D eigenvalue weighted by Crippen LogP contribution is -2.58. The number of hydrogen-bond acceptors (Lipinski definition) is 5. The molecule has 1 aliphatic heterocycles. The molecule has 190 valence electrons. The lowest BCUT2D eigenvalue weighted by atomic mass is 9.99. The number of benzene rings is 2. The van der Waals surface area contributed by atoms with Gasteiger partial charge in [-0.25, -0.2) is 0 Å². The number of nitrogens with one attached hydrogen (secondary N) is 1. The van der Waals surface area contributed by atoms with Crippen LogP contribution in [0.1, 0.15) is 53.1 Å². The van der Waals surface area contributed by atoms with E-state index in [-0.39, 0.29) is 29.6 Å². The Bertz CT molecular complexity index is 1280. The molecule has 1 saturated heterocycles. The summed E-state index contributed by atoms with van der Waals surface area (Å²) in [5.41, 5.74) is 2.49. The number of carbonyl (C=O) groups excluding carboxylic acids is 3. The first-order chi connectivity index (χ1) is 17.1. The number of carbonyl (C=O) groups is 3. The Balaban J connectivity index is 1.63. The Labute approximate surface area is 211 Å². The quantitative estimate of drug-likeness (QED) is 0.420. The first-order valence-electron chi connectivity index (χ1n) is 12.2. The number of methoxy groups -OCH3 is 1. The van der Waals surface area contributed by atoms with Gasteiger partial charge in [-0.15, -0.1) is 0 Å². The van der Waals surface area contributed by atoms with Crippen LogP contribution in [0, 0.1) is 0 Å². The normalized spacial score (nSPS) is 19.2. The average Bonchev–Trinajstić information content (AvgIpc) is 3.30. The van der Waals surface area contributed by atoms with Crippen molar-refractivity contribution in [2.75, 3.05) is 34.3 Å². The van der Waals surface area contributed by atoms with E-state index in [0.29, 0.717) is 28.8 Å². The number of amides is 2. The molecule has 1 unspecified atom stereocenters. The predicted molar refractivity (Wildman–Crippen MR) is 139 cm³/mol. The molecule has 4 rings (SSSR count). The summed E-state index contributed by atoms with van der Waals surface area (Å²) in [4.78, 5) is 47.5. The van der Waals surface area contributed by atoms with E-state index in [0.717, 1.165) is 6.54 Å². The number of aromatic amines is 1. The topological polar surface area (TPSA) is 85.9 Å². The van der Waals surface area contributed by atoms with Crippen molar-refractivity contribution >= 4 is 28.5 Å². The molecule has 0 aliphatic carbocycles. The maximum Gasteiger partial charge on any atom is 0.294 e. The van der Waals surface area contributed by atoms with E-state index in [1.807, 2.05) is 23.1 Å². The Morgan fingerprint density at radius 3 is 2.36 bits per heavy atom. The largest absolute Gasteiger partial charge is 0.496 e. The van der Waals surface area contributed by atoms with Gasteiger partial charge >= 0.3 is 0 Å². The van der Waals surface area contributed by atoms with Gasteiger partial charge in [0.1, 0.15) is 5.75 Å². The van der Waals surface area contributed by atoms with Crippen molar-refractivity contribution in [2.24, 2.45) is 0 Å². The number of Topliss-reactive ketones (excluding diaryl/α,β-unsaturated/α-hetero) is 1. The fourth-order valence-corrected chi connectivity index (χ4v) is 5.05. The van der Waals surface area contributed by atoms with Gasteiger partial charge in [0.25, 0.3) is 17.6 Å². The summed E-state index contributed by atoms with van der Waals surface area (Å²) in [6.45, 7) is 7.70. The number of fused-ring (bicyclic) bond motifs is 1. The minimum Gasteiger partial charge on any atom is -0.496 e. The first-order valence-corrected chi connectivity index (χ1v) is 12.2. The van der Waals surface area contributed by atoms with E-state index >= 15 is 0 Å². The van der Waals surface area contributed by atoms with E-state index in [1.165, 1.54) is 37.9 Å². The van der Waals surface area contributed by atoms with Gasteiger partial charge in [-0.1, -0.05) is 30.3 Å². The molecule has 2 heterocycles. The maximum atomic E-state index is 13.8. The molecule has 1 N–H and O–H groups in total. The summed E-state index contributed by atoms with van der Waals surface area (Å²) in [6.07, 6.45) is 1.51. The number of hydrogen-bond donors (Lipinski definition) is 1. The highest BCUT2D eigenvalue weighted by atomic mass is 16.5. The second-order valence-corrected chi connectivity index (χ2v) is 9.77. The van der Waals surface area contributed by atoms with Gasteiger partial charge < -0.3 is 19.5 Å². The van der Waals surface area contributed by atoms with Crippen molar-refractivity contribution in [3.63, 3.8) is 0 Å². The van der Waals surface area contributed by atoms with Crippen molar-refractivity contribution in [1.29, 1.82) is 0 Å². The zero-order valence-corrected chi connectivity index (χ0v) is 21.7. The minimum atomic E-state index is -0.625. The highest BCUT2D eigenvalue weighted by Crippen LogP contribution is 2.32. The predicted octanol–water partition coefficient (Wildman–Crippen LogP) is 3.74. The van der Waals surface area contributed by atoms with Crippen LogP contribution in [0.3, 0.4) is 0 Å². The summed E-state index contributed by atoms with van der Waals surface area (Å²) in [5, 5.41) is 0.524. The van der Waals surface area contributed by atoms with Gasteiger partial charge in [-0.3, -0.25) is 19.3 Å². The first kappa shape index (κ1) is 25.4. The zero-order chi connectivity index (χ0) is 26.1. The third-order valence-electron chi connectivity index (χ3n) is 7.15. The molecule has 0 saturated carbocycles. The molecule has 36 heavy (non-hydrogen) atoms. The number of nitrogens with zero attached hydrogens (tertiary/aromatic N) is 3. The summed E-state index contributed by atoms with van der Waals surface area (Å²) < 4.78 is 5.56. The lowest BCUT2D eigenvalue weighted by molar-refractivity contribution is -0.124. The van der Waals surface area contributed by atoms with Crippen LogP contribution in [0.2, 0.25) is 0 Å². The van der Waals surface area contributed by atoms with Crippen LogP contribution in [-0.2, 0) is 4.79 Å². The second-order valence-electron chi connectivity index (χ2n) is 9.77. The monoisotopic (exact) mass is 490 g/mol. The zero-order valence-electron chi connectivity index (χ0n) is 21.7. The van der Waals surface area contributed by atoms with E-state index in [9.17, 15) is 14.4 Å². The number of piperazine rings is 1. The smallest absolute Gasteiger partial charge is 0.294 e. The van der Waals surface area contributed by atoms with Crippen LogP contribution in [0.5, 0.6) is 5.75 Å². The maximum absolute atomic E-state index is 13.8. The number of H-pyrrole nitrogens is 1. The van der Waals surface area contributed by atoms with E-state index in [2.05, 4.69) is 42.8 Å². The van der Waals surface area contributed by atoms with Crippen LogP contribution in [0.25, 0.3) is 10.9 Å². The highest BCUT2D eigenvalue weighted by molar-refractivity contribution is 6.44. The number of aromatic nitrogens is 1. The van der Waals surface area contributed by atoms with Gasteiger partial charge in [0.2, 0.25) is 0 Å². The van der Waals surface area contributed by atoms with Gasteiger partial charge in [-0.05, 0) is 32.4 Å². The third-order valence-corrected chi connectivity index (χ3v) is 7.15. The standard InChI is InChI=1S/C28H34N4O4/c1-17-16-32(18(2)15-31(17)19(3)20-10-8-7-9-11-20)27(34)22-12-21-23(26(33)28(35)30(4)5)14-29-24(21)13-25(22)36-6/h7-14,17-19,29H,15-16H2,1-6H3/t17-,18+,19?/m0/s1. The molecule has 2 amide bonds. The molecule has 8 nitrogen and oxygen atoms in total. The Morgan fingerprint density at radius 1 is 1.03 bits per heavy atom. The molecule has 1 aliphatic rings. The Morgan fingerprint density at radius 2 is 1.72 bits per heavy atom. The van der Waals surface area contributed by atoms with Crippen LogP contribution in [-0.4, -0.2) is 83.7 Å². The van der Waals surface area contributed by atoms with E-state index < -0.39 is 11.7 Å². The van der Waals surface area contributed by atoms with Crippen molar-refractivity contribution in [3.05, 3.63) is 65.4 Å². The fraction of sp³-hybridized carbons (Fsp3) is 0.393. The molecule has 0 radical (unpaired) electrons. The van der Waals surface area contributed by atoms with Crippen molar-refractivity contribution in [1.82, 2.24) is 19.7 Å². The SMILES string of the molecule is COc1cc2[nH]cc(C(=O)C(=O)N(C)C)c2cc1C(=O)N1C[C@H](C)N(C(C)c2ccccc2)C[C@H]1C. The van der Waals surface area contributed by atoms with E-state index in [4.69, 9.17) is 4.74 Å². The van der Waals surface area contributed by atoms with Gasteiger partial charge in [-0.2, -0.15) is 0 Å². The molecule has 3 atom stereocenters. The molecule has 1 aromatic heterocycles. The van der Waals surface area contributed by atoms with Crippen LogP contribution in [0.4, 0.5) is 0 Å². The Kier molecular flexibility index (Phi) is 7.17. The minimum absolute atomic E-state index is 0.0251. The number of likely N-dealkylation sites (N-methyl/N-ethyl adjacent to an activating group) is 1. The summed E-state index contributed by atoms with van der Waals surface area (Å²) in [6, 6.07) is 14.1. The van der Waals surface area contributed by atoms with Crippen LogP contribution < -0.4 is 4.74 Å². The van der Waals surface area contributed by atoms with Crippen molar-refractivity contribution < 1.29 is 19.1 Å². The molecule has 1 fully saturated rings. The van der Waals surface area contributed by atoms with E-state index in [1.54, 1.807) is 12.1 Å². The number of ketones is 1. The van der Waals surface area contributed by atoms with Crippen LogP contribution >= 0.6 is 0 Å². The summed E-state index contributed by atoms with van der Waals surface area (Å²) in [5.74, 6) is -0.975. The average molecular weight is 491 g/mol. The van der Waals surface area contributed by atoms with Crippen LogP contribution in [0.15, 0.2) is 48.7 Å². The molecule has 8 heteroatoms. The van der Waals surface area contributed by atoms with Gasteiger partial charge in [0.05, 0.1) is 18.2 Å². The van der Waals surface area contributed by atoms with Crippen molar-refractivity contribution in [2.45, 2.75) is 38.9 Å². The number of rotatable bonds is 6. The molecule has 3 aromatic rings. The molecule has 0 bridgehead atoms. The summed E-state index contributed by atoms with van der Waals surface area (Å²) >= 11 is 0. The van der Waals surface area contributed by atoms with Crippen molar-refractivity contribution in [3.8, 4) is 5.75 Å².